The molecule has 0 unspecified atom stereocenters. The van der Waals surface area contributed by atoms with E-state index in [1.54, 1.807) is 6.20 Å². The monoisotopic (exact) mass is 180 g/mol. The maximum Gasteiger partial charge on any atom is 0.168 e. The van der Waals surface area contributed by atoms with Gasteiger partial charge in [-0.15, -0.1) is 5.10 Å². The predicted molar refractivity (Wildman–Crippen MR) is 49.5 cm³/mol. The molecule has 0 aliphatic rings. The number of aromatic nitrogens is 3. The van der Waals surface area contributed by atoms with E-state index in [1.165, 1.54) is 11.5 Å². The van der Waals surface area contributed by atoms with Crippen LogP contribution < -0.4 is 4.90 Å². The minimum absolute atomic E-state index is 0.890. The zero-order chi connectivity index (χ0) is 8.55. The Hall–Kier alpha value is -1.23. The lowest BCUT2D eigenvalue weighted by Crippen LogP contribution is -2.08. The van der Waals surface area contributed by atoms with Gasteiger partial charge in [0.05, 0.1) is 11.6 Å². The molecular weight excluding hydrogens is 172 g/mol. The van der Waals surface area contributed by atoms with Crippen LogP contribution in [-0.4, -0.2) is 28.7 Å². The van der Waals surface area contributed by atoms with E-state index >= 15 is 0 Å². The Labute approximate surface area is 74.0 Å². The Kier molecular flexibility index (Phi) is 1.65. The molecule has 2 aromatic heterocycles. The van der Waals surface area contributed by atoms with Crippen LogP contribution in [0.5, 0.6) is 0 Å². The fourth-order valence-electron chi connectivity index (χ4n) is 1.01. The van der Waals surface area contributed by atoms with Gasteiger partial charge in [0.15, 0.2) is 10.6 Å². The molecule has 4 nitrogen and oxygen atoms in total. The molecule has 0 aliphatic heterocycles. The largest absolute Gasteiger partial charge is 0.361 e. The summed E-state index contributed by atoms with van der Waals surface area (Å²) < 4.78 is 4.26. The van der Waals surface area contributed by atoms with Gasteiger partial charge >= 0.3 is 0 Å². The molecular formula is C7H8N4S. The van der Waals surface area contributed by atoms with Crippen LogP contribution in [0.4, 0.5) is 5.82 Å². The van der Waals surface area contributed by atoms with Gasteiger partial charge in [-0.2, -0.15) is 9.47 Å². The second kappa shape index (κ2) is 2.67. The average molecular weight is 180 g/mol. The van der Waals surface area contributed by atoms with E-state index in [1.807, 2.05) is 25.1 Å². The van der Waals surface area contributed by atoms with Crippen LogP contribution in [-0.2, 0) is 0 Å². The van der Waals surface area contributed by atoms with Crippen LogP contribution in [0.3, 0.4) is 0 Å². The molecule has 0 amide bonds. The molecule has 0 aromatic carbocycles. The van der Waals surface area contributed by atoms with Crippen molar-refractivity contribution >= 4 is 27.6 Å². The van der Waals surface area contributed by atoms with Crippen LogP contribution in [0, 0.1) is 0 Å². The number of nitrogens with zero attached hydrogens (tertiary/aromatic N) is 4. The summed E-state index contributed by atoms with van der Waals surface area (Å²) in [6, 6.07) is 1.93. The van der Waals surface area contributed by atoms with E-state index in [-0.39, 0.29) is 0 Å². The molecule has 0 bridgehead atoms. The Morgan fingerprint density at radius 2 is 2.25 bits per heavy atom. The minimum Gasteiger partial charge on any atom is -0.361 e. The molecule has 0 radical (unpaired) electrons. The van der Waals surface area contributed by atoms with Gasteiger partial charge in [-0.05, 0) is 17.6 Å². The second-order valence-electron chi connectivity index (χ2n) is 2.65. The van der Waals surface area contributed by atoms with Crippen molar-refractivity contribution in [2.75, 3.05) is 19.0 Å². The van der Waals surface area contributed by atoms with Crippen molar-refractivity contribution in [3.05, 3.63) is 12.3 Å². The molecule has 0 fully saturated rings. The molecule has 0 N–H and O–H groups in total. The minimum atomic E-state index is 0.890. The Balaban J connectivity index is 2.70. The lowest BCUT2D eigenvalue weighted by atomic mass is 10.4. The van der Waals surface area contributed by atoms with Crippen molar-refractivity contribution in [2.45, 2.75) is 0 Å². The fraction of sp³-hybridized carbons (Fsp3) is 0.286. The van der Waals surface area contributed by atoms with E-state index < -0.39 is 0 Å². The average Bonchev–Trinajstić information content (AvgIpc) is 2.47. The summed E-state index contributed by atoms with van der Waals surface area (Å²) in [4.78, 5) is 2.86. The quantitative estimate of drug-likeness (QED) is 0.660. The molecule has 0 atom stereocenters. The van der Waals surface area contributed by atoms with Crippen LogP contribution in [0.1, 0.15) is 0 Å². The number of hydrogen-bond donors (Lipinski definition) is 0. The van der Waals surface area contributed by atoms with Gasteiger partial charge in [0.25, 0.3) is 0 Å². The van der Waals surface area contributed by atoms with Crippen LogP contribution >= 0.6 is 11.5 Å². The molecule has 12 heavy (non-hydrogen) atoms. The highest BCUT2D eigenvalue weighted by molar-refractivity contribution is 7.13. The summed E-state index contributed by atoms with van der Waals surface area (Å²) in [5, 5.41) is 8.82. The Morgan fingerprint density at radius 1 is 1.42 bits per heavy atom. The maximum absolute atomic E-state index is 4.26. The molecule has 2 heterocycles. The van der Waals surface area contributed by atoms with Crippen LogP contribution in [0.25, 0.3) is 10.2 Å². The molecule has 0 saturated carbocycles. The molecule has 2 aromatic rings. The van der Waals surface area contributed by atoms with Gasteiger partial charge in [-0.3, -0.25) is 0 Å². The van der Waals surface area contributed by atoms with Gasteiger partial charge < -0.3 is 4.90 Å². The third-order valence-corrected chi connectivity index (χ3v) is 2.31. The molecule has 0 spiro atoms. The van der Waals surface area contributed by atoms with Gasteiger partial charge in [-0.1, -0.05) is 0 Å². The highest BCUT2D eigenvalue weighted by Crippen LogP contribution is 2.25. The Morgan fingerprint density at radius 3 is 3.00 bits per heavy atom. The van der Waals surface area contributed by atoms with Crippen molar-refractivity contribution < 1.29 is 0 Å². The highest BCUT2D eigenvalue weighted by atomic mass is 32.1. The Bertz CT molecular complexity index is 395. The first-order valence-corrected chi connectivity index (χ1v) is 4.31. The second-order valence-corrected chi connectivity index (χ2v) is 3.40. The van der Waals surface area contributed by atoms with E-state index in [2.05, 4.69) is 14.6 Å². The third kappa shape index (κ3) is 1.02. The predicted octanol–water partition coefficient (Wildman–Crippen LogP) is 1.15. The molecule has 2 rings (SSSR count). The topological polar surface area (TPSA) is 41.9 Å². The van der Waals surface area contributed by atoms with E-state index in [9.17, 15) is 0 Å². The van der Waals surface area contributed by atoms with Crippen molar-refractivity contribution in [3.63, 3.8) is 0 Å². The number of hydrogen-bond acceptors (Lipinski definition) is 5. The van der Waals surface area contributed by atoms with E-state index in [0.717, 1.165) is 16.0 Å². The number of anilines is 1. The zero-order valence-corrected chi connectivity index (χ0v) is 7.67. The van der Waals surface area contributed by atoms with Crippen molar-refractivity contribution in [2.24, 2.45) is 0 Å². The maximum atomic E-state index is 4.26. The first kappa shape index (κ1) is 7.42. The first-order chi connectivity index (χ1) is 5.79. The lowest BCUT2D eigenvalue weighted by Gasteiger charge is -2.07. The van der Waals surface area contributed by atoms with Crippen LogP contribution in [0.2, 0.25) is 0 Å². The molecule has 5 heteroatoms. The summed E-state index contributed by atoms with van der Waals surface area (Å²) in [5.41, 5.74) is 0. The number of rotatable bonds is 1. The standard InChI is InChI=1S/C7H8N4S/c1-11(2)6-5-3-4-8-9-7(5)12-10-6/h3-4H,1-2H3. The summed E-state index contributed by atoms with van der Waals surface area (Å²) in [6.45, 7) is 0. The highest BCUT2D eigenvalue weighted by Gasteiger charge is 2.07. The smallest absolute Gasteiger partial charge is 0.168 e. The zero-order valence-electron chi connectivity index (χ0n) is 6.85. The van der Waals surface area contributed by atoms with E-state index in [0.29, 0.717) is 0 Å². The molecule has 0 aliphatic carbocycles. The van der Waals surface area contributed by atoms with Gasteiger partial charge in [0.2, 0.25) is 0 Å². The van der Waals surface area contributed by atoms with Gasteiger partial charge in [-0.25, -0.2) is 0 Å². The SMILES string of the molecule is CN(C)c1nsc2nnccc12. The molecule has 62 valence electrons. The summed E-state index contributed by atoms with van der Waals surface area (Å²) in [6.07, 6.45) is 1.68. The van der Waals surface area contributed by atoms with Crippen LogP contribution in [0.15, 0.2) is 12.3 Å². The molecule has 0 saturated heterocycles. The van der Waals surface area contributed by atoms with E-state index in [4.69, 9.17) is 0 Å². The summed E-state index contributed by atoms with van der Waals surface area (Å²) in [5.74, 6) is 0.963. The number of fused-ring (bicyclic) bond motifs is 1. The third-order valence-electron chi connectivity index (χ3n) is 1.57. The van der Waals surface area contributed by atoms with Gasteiger partial charge in [0, 0.05) is 14.1 Å². The summed E-state index contributed by atoms with van der Waals surface area (Å²) in [7, 11) is 3.93. The van der Waals surface area contributed by atoms with Gasteiger partial charge in [0.1, 0.15) is 0 Å². The lowest BCUT2D eigenvalue weighted by molar-refractivity contribution is 1.08. The van der Waals surface area contributed by atoms with Crippen molar-refractivity contribution in [1.82, 2.24) is 14.6 Å². The normalized spacial score (nSPS) is 10.5. The fourth-order valence-corrected chi connectivity index (χ4v) is 1.79. The van der Waals surface area contributed by atoms with Crippen molar-refractivity contribution in [3.8, 4) is 0 Å². The van der Waals surface area contributed by atoms with Crippen molar-refractivity contribution in [1.29, 1.82) is 0 Å². The first-order valence-electron chi connectivity index (χ1n) is 3.53. The summed E-state index contributed by atoms with van der Waals surface area (Å²) >= 11 is 1.38.